The first-order valence-corrected chi connectivity index (χ1v) is 12.5. The number of carbonyl (C=O) groups excluding carboxylic acids is 1. The van der Waals surface area contributed by atoms with Crippen LogP contribution < -0.4 is 19.5 Å². The lowest BCUT2D eigenvalue weighted by Gasteiger charge is -2.25. The van der Waals surface area contributed by atoms with Gasteiger partial charge in [-0.2, -0.15) is 0 Å². The molecule has 1 unspecified atom stereocenters. The molecule has 1 atom stereocenters. The van der Waals surface area contributed by atoms with Gasteiger partial charge in [-0.1, -0.05) is 6.92 Å². The predicted octanol–water partition coefficient (Wildman–Crippen LogP) is 4.20. The molecular formula is C25H33N3O4S. The zero-order valence-corrected chi connectivity index (χ0v) is 20.9. The minimum atomic E-state index is -1.10. The van der Waals surface area contributed by atoms with Crippen molar-refractivity contribution in [2.75, 3.05) is 27.0 Å². The first kappa shape index (κ1) is 25.0. The largest absolute Gasteiger partial charge is 0.598 e. The number of amides is 1. The Morgan fingerprint density at radius 3 is 2.48 bits per heavy atom. The molecule has 3 aromatic rings. The quantitative estimate of drug-likeness (QED) is 0.385. The fraction of sp³-hybridized carbons (Fsp3) is 0.400. The molecule has 0 radical (unpaired) electrons. The van der Waals surface area contributed by atoms with E-state index < -0.39 is 11.4 Å². The Labute approximate surface area is 198 Å². The van der Waals surface area contributed by atoms with Crippen LogP contribution in [-0.4, -0.2) is 48.0 Å². The summed E-state index contributed by atoms with van der Waals surface area (Å²) < 4.78 is 25.3. The molecular weight excluding hydrogens is 438 g/mol. The van der Waals surface area contributed by atoms with Crippen LogP contribution >= 0.6 is 0 Å². The summed E-state index contributed by atoms with van der Waals surface area (Å²) in [5, 5.41) is 4.00. The van der Waals surface area contributed by atoms with E-state index in [1.54, 1.807) is 20.5 Å². The maximum Gasteiger partial charge on any atom is 0.251 e. The van der Waals surface area contributed by atoms with E-state index in [1.807, 2.05) is 50.2 Å². The van der Waals surface area contributed by atoms with Crippen LogP contribution in [0.25, 0.3) is 22.2 Å². The fourth-order valence-corrected chi connectivity index (χ4v) is 4.91. The van der Waals surface area contributed by atoms with Gasteiger partial charge in [0.1, 0.15) is 6.26 Å². The SMILES string of the molecule is CCc1c(-c2ccc(OC)c(OC)c2)[nH]c2ccc(C(=O)NCCC(C)(C)N[S+](C)[O-])cc12. The van der Waals surface area contributed by atoms with E-state index in [-0.39, 0.29) is 11.4 Å². The number of fused-ring (bicyclic) bond motifs is 1. The number of ether oxygens (including phenoxy) is 2. The molecule has 0 aliphatic rings. The van der Waals surface area contributed by atoms with Gasteiger partial charge in [0.2, 0.25) is 0 Å². The van der Waals surface area contributed by atoms with E-state index >= 15 is 0 Å². The van der Waals surface area contributed by atoms with Gasteiger partial charge in [-0.05, 0) is 68.7 Å². The molecule has 0 aliphatic heterocycles. The van der Waals surface area contributed by atoms with Crippen molar-refractivity contribution < 1.29 is 18.8 Å². The number of H-pyrrole nitrogens is 1. The molecule has 1 amide bonds. The minimum Gasteiger partial charge on any atom is -0.598 e. The number of benzene rings is 2. The van der Waals surface area contributed by atoms with E-state index in [9.17, 15) is 9.35 Å². The number of hydrogen-bond donors (Lipinski definition) is 3. The summed E-state index contributed by atoms with van der Waals surface area (Å²) in [7, 11) is 3.24. The third-order valence-corrected chi connectivity index (χ3v) is 6.49. The van der Waals surface area contributed by atoms with Crippen LogP contribution in [0, 0.1) is 0 Å². The van der Waals surface area contributed by atoms with Gasteiger partial charge >= 0.3 is 0 Å². The molecule has 2 aromatic carbocycles. The molecule has 0 saturated heterocycles. The predicted molar refractivity (Wildman–Crippen MR) is 134 cm³/mol. The maximum atomic E-state index is 12.8. The van der Waals surface area contributed by atoms with Crippen molar-refractivity contribution in [3.05, 3.63) is 47.5 Å². The zero-order valence-electron chi connectivity index (χ0n) is 20.1. The molecule has 3 rings (SSSR count). The molecule has 7 nitrogen and oxygen atoms in total. The van der Waals surface area contributed by atoms with Gasteiger partial charge in [-0.25, -0.2) is 0 Å². The van der Waals surface area contributed by atoms with Crippen LogP contribution in [0.4, 0.5) is 0 Å². The summed E-state index contributed by atoms with van der Waals surface area (Å²) in [5.41, 5.74) is 4.40. The maximum absolute atomic E-state index is 12.8. The third kappa shape index (κ3) is 5.82. The minimum absolute atomic E-state index is 0.124. The number of aromatic nitrogens is 1. The summed E-state index contributed by atoms with van der Waals surface area (Å²) >= 11 is -1.10. The zero-order chi connectivity index (χ0) is 24.2. The second-order valence-electron chi connectivity index (χ2n) is 8.61. The Morgan fingerprint density at radius 1 is 1.12 bits per heavy atom. The van der Waals surface area contributed by atoms with Gasteiger partial charge in [-0.15, -0.1) is 4.72 Å². The van der Waals surface area contributed by atoms with Crippen molar-refractivity contribution in [3.63, 3.8) is 0 Å². The van der Waals surface area contributed by atoms with Gasteiger partial charge in [0.15, 0.2) is 11.5 Å². The lowest BCUT2D eigenvalue weighted by atomic mass is 10.0. The van der Waals surface area contributed by atoms with Crippen molar-refractivity contribution in [2.24, 2.45) is 0 Å². The highest BCUT2D eigenvalue weighted by atomic mass is 32.2. The summed E-state index contributed by atoms with van der Waals surface area (Å²) in [5.74, 6) is 1.22. The second-order valence-corrected chi connectivity index (χ2v) is 9.72. The van der Waals surface area contributed by atoms with E-state index in [0.717, 1.165) is 34.1 Å². The normalized spacial score (nSPS) is 12.6. The highest BCUT2D eigenvalue weighted by molar-refractivity contribution is 7.88. The summed E-state index contributed by atoms with van der Waals surface area (Å²) in [6.45, 7) is 6.52. The molecule has 33 heavy (non-hydrogen) atoms. The first-order chi connectivity index (χ1) is 15.7. The van der Waals surface area contributed by atoms with Gasteiger partial charge in [-0.3, -0.25) is 4.79 Å². The molecule has 3 N–H and O–H groups in total. The van der Waals surface area contributed by atoms with Crippen molar-refractivity contribution in [3.8, 4) is 22.8 Å². The van der Waals surface area contributed by atoms with Crippen molar-refractivity contribution in [2.45, 2.75) is 39.2 Å². The number of aryl methyl sites for hydroxylation is 1. The van der Waals surface area contributed by atoms with Crippen LogP contribution in [0.2, 0.25) is 0 Å². The fourth-order valence-electron chi connectivity index (χ4n) is 4.03. The van der Waals surface area contributed by atoms with Crippen LogP contribution in [0.3, 0.4) is 0 Å². The first-order valence-electron chi connectivity index (χ1n) is 11.0. The Balaban J connectivity index is 1.84. The number of nitrogens with one attached hydrogen (secondary N) is 3. The molecule has 1 aromatic heterocycles. The summed E-state index contributed by atoms with van der Waals surface area (Å²) in [6.07, 6.45) is 3.07. The van der Waals surface area contributed by atoms with Crippen molar-refractivity contribution in [1.29, 1.82) is 0 Å². The average molecular weight is 472 g/mol. The molecule has 178 valence electrons. The molecule has 8 heteroatoms. The molecule has 0 aliphatic carbocycles. The van der Waals surface area contributed by atoms with Crippen LogP contribution in [-0.2, 0) is 17.8 Å². The Hall–Kier alpha value is -2.68. The Morgan fingerprint density at radius 2 is 1.85 bits per heavy atom. The average Bonchev–Trinajstić information content (AvgIpc) is 3.15. The van der Waals surface area contributed by atoms with E-state index in [1.165, 1.54) is 0 Å². The number of methoxy groups -OCH3 is 2. The highest BCUT2D eigenvalue weighted by Crippen LogP contribution is 2.36. The summed E-state index contributed by atoms with van der Waals surface area (Å²) in [6, 6.07) is 11.6. The van der Waals surface area contributed by atoms with Gasteiger partial charge in [0.05, 0.1) is 19.8 Å². The molecule has 1 heterocycles. The number of hydrogen-bond acceptors (Lipinski definition) is 5. The molecule has 0 saturated carbocycles. The van der Waals surface area contributed by atoms with Gasteiger partial charge < -0.3 is 24.3 Å². The Kier molecular flexibility index (Phi) is 7.94. The number of carbonyl (C=O) groups is 1. The van der Waals surface area contributed by atoms with Crippen LogP contribution in [0.1, 0.15) is 43.1 Å². The number of aromatic amines is 1. The topological polar surface area (TPSA) is 98.4 Å². The van der Waals surface area contributed by atoms with Gasteiger partial charge in [0.25, 0.3) is 5.91 Å². The molecule has 0 bridgehead atoms. The third-order valence-electron chi connectivity index (χ3n) is 5.65. The monoisotopic (exact) mass is 471 g/mol. The van der Waals surface area contributed by atoms with Crippen LogP contribution in [0.5, 0.6) is 11.5 Å². The van der Waals surface area contributed by atoms with Gasteiger partial charge in [0, 0.05) is 45.6 Å². The molecule has 0 fully saturated rings. The summed E-state index contributed by atoms with van der Waals surface area (Å²) in [4.78, 5) is 16.3. The smallest absolute Gasteiger partial charge is 0.251 e. The van der Waals surface area contributed by atoms with E-state index in [2.05, 4.69) is 21.9 Å². The van der Waals surface area contributed by atoms with E-state index in [0.29, 0.717) is 30.0 Å². The number of rotatable bonds is 10. The van der Waals surface area contributed by atoms with E-state index in [4.69, 9.17) is 9.47 Å². The van der Waals surface area contributed by atoms with Crippen LogP contribution in [0.15, 0.2) is 36.4 Å². The second kappa shape index (κ2) is 10.5. The lowest BCUT2D eigenvalue weighted by Crippen LogP contribution is -2.45. The highest BCUT2D eigenvalue weighted by Gasteiger charge is 2.22. The Bertz CT molecular complexity index is 1120. The standard InChI is InChI=1S/C25H33N3O4S/c1-7-18-19-14-17(24(29)26-13-12-25(2,3)28-33(6)30)8-10-20(19)27-23(18)16-9-11-21(31-4)22(15-16)32-5/h8-11,14-15,27-28H,7,12-13H2,1-6H3,(H,26,29). The van der Waals surface area contributed by atoms with Crippen molar-refractivity contribution >= 4 is 28.2 Å². The lowest BCUT2D eigenvalue weighted by molar-refractivity contribution is 0.0951. The van der Waals surface area contributed by atoms with Crippen molar-refractivity contribution in [1.82, 2.24) is 15.0 Å². The molecule has 0 spiro atoms.